The van der Waals surface area contributed by atoms with Crippen molar-refractivity contribution in [2.75, 3.05) is 6.54 Å². The van der Waals surface area contributed by atoms with E-state index in [4.69, 9.17) is 5.73 Å². The summed E-state index contributed by atoms with van der Waals surface area (Å²) in [6.45, 7) is 0.679. The first-order valence-corrected chi connectivity index (χ1v) is 7.07. The first-order chi connectivity index (χ1) is 8.81. The van der Waals surface area contributed by atoms with Crippen LogP contribution in [0.5, 0.6) is 0 Å². The van der Waals surface area contributed by atoms with E-state index in [0.29, 0.717) is 12.6 Å². The summed E-state index contributed by atoms with van der Waals surface area (Å²) in [6.07, 6.45) is 6.40. The van der Waals surface area contributed by atoms with Crippen molar-refractivity contribution in [1.29, 1.82) is 0 Å². The maximum atomic E-state index is 5.93. The summed E-state index contributed by atoms with van der Waals surface area (Å²) in [5.41, 5.74) is 8.25. The third-order valence-electron chi connectivity index (χ3n) is 3.58. The molecule has 1 heterocycles. The van der Waals surface area contributed by atoms with Gasteiger partial charge in [0.05, 0.1) is 24.3 Å². The Balaban J connectivity index is 2.03. The van der Waals surface area contributed by atoms with Crippen molar-refractivity contribution in [3.05, 3.63) is 41.3 Å². The second-order valence-electron chi connectivity index (χ2n) is 4.81. The Hall–Kier alpha value is -1.13. The van der Waals surface area contributed by atoms with Gasteiger partial charge in [0.2, 0.25) is 0 Å². The number of benzene rings is 1. The Morgan fingerprint density at radius 3 is 2.83 bits per heavy atom. The fraction of sp³-hybridized carbons (Fsp3) is 0.357. The van der Waals surface area contributed by atoms with Gasteiger partial charge in [0, 0.05) is 16.6 Å². The van der Waals surface area contributed by atoms with Gasteiger partial charge in [-0.3, -0.25) is 0 Å². The van der Waals surface area contributed by atoms with Crippen LogP contribution in [-0.2, 0) is 0 Å². The molecule has 1 unspecified atom stereocenters. The predicted molar refractivity (Wildman–Crippen MR) is 76.2 cm³/mol. The van der Waals surface area contributed by atoms with E-state index in [0.717, 1.165) is 16.1 Å². The number of halogens is 1. The van der Waals surface area contributed by atoms with Crippen molar-refractivity contribution in [2.24, 2.45) is 11.7 Å². The molecule has 1 aromatic heterocycles. The summed E-state index contributed by atoms with van der Waals surface area (Å²) >= 11 is 3.60. The topological polar surface area (TPSA) is 43.8 Å². The average molecular weight is 306 g/mol. The second-order valence-corrected chi connectivity index (χ2v) is 5.66. The zero-order chi connectivity index (χ0) is 12.5. The third kappa shape index (κ3) is 2.10. The molecule has 0 bridgehead atoms. The minimum Gasteiger partial charge on any atom is -0.328 e. The molecule has 0 aliphatic heterocycles. The van der Waals surface area contributed by atoms with Gasteiger partial charge in [-0.2, -0.15) is 0 Å². The number of hydrogen-bond acceptors (Lipinski definition) is 2. The molecule has 3 nitrogen and oxygen atoms in total. The number of hydrogen-bond donors (Lipinski definition) is 1. The largest absolute Gasteiger partial charge is 0.328 e. The highest BCUT2D eigenvalue weighted by Gasteiger charge is 2.32. The summed E-state index contributed by atoms with van der Waals surface area (Å²) in [6, 6.07) is 8.62. The first-order valence-electron chi connectivity index (χ1n) is 6.28. The summed E-state index contributed by atoms with van der Waals surface area (Å²) in [4.78, 5) is 4.31. The third-order valence-corrected chi connectivity index (χ3v) is 4.27. The molecule has 1 aliphatic carbocycles. The van der Waals surface area contributed by atoms with Crippen LogP contribution in [0.4, 0.5) is 0 Å². The number of aromatic nitrogens is 2. The van der Waals surface area contributed by atoms with E-state index < -0.39 is 0 Å². The first kappa shape index (κ1) is 11.9. The maximum absolute atomic E-state index is 5.93. The number of nitrogens with zero attached hydrogens (tertiary/aromatic N) is 2. The molecule has 0 radical (unpaired) electrons. The van der Waals surface area contributed by atoms with Crippen LogP contribution in [0.25, 0.3) is 11.3 Å². The van der Waals surface area contributed by atoms with Gasteiger partial charge in [-0.15, -0.1) is 0 Å². The summed E-state index contributed by atoms with van der Waals surface area (Å²) < 4.78 is 3.33. The van der Waals surface area contributed by atoms with Crippen molar-refractivity contribution in [1.82, 2.24) is 9.55 Å². The lowest BCUT2D eigenvalue weighted by molar-refractivity contribution is 0.458. The molecule has 0 amide bonds. The highest BCUT2D eigenvalue weighted by Crippen LogP contribution is 2.41. The zero-order valence-corrected chi connectivity index (χ0v) is 11.7. The highest BCUT2D eigenvalue weighted by molar-refractivity contribution is 9.10. The van der Waals surface area contributed by atoms with Crippen LogP contribution in [0.1, 0.15) is 18.9 Å². The van der Waals surface area contributed by atoms with E-state index in [9.17, 15) is 0 Å². The smallest absolute Gasteiger partial charge is 0.0954 e. The van der Waals surface area contributed by atoms with Crippen molar-refractivity contribution in [3.63, 3.8) is 0 Å². The predicted octanol–water partition coefficient (Wildman–Crippen LogP) is 3.22. The van der Waals surface area contributed by atoms with Gasteiger partial charge in [-0.05, 0) is 24.8 Å². The molecule has 2 aromatic rings. The molecule has 2 N–H and O–H groups in total. The van der Waals surface area contributed by atoms with Gasteiger partial charge in [0.15, 0.2) is 0 Å². The molecule has 1 aliphatic rings. The monoisotopic (exact) mass is 305 g/mol. The molecule has 94 valence electrons. The molecule has 1 fully saturated rings. The molecule has 0 saturated heterocycles. The SMILES string of the molecule is NCC(C1CC1)n1cncc1-c1ccccc1Br. The lowest BCUT2D eigenvalue weighted by Gasteiger charge is -2.19. The molecular formula is C14H16BrN3. The molecule has 1 saturated carbocycles. The number of nitrogens with two attached hydrogens (primary N) is 1. The Labute approximate surface area is 115 Å². The van der Waals surface area contributed by atoms with Gasteiger partial charge in [0.25, 0.3) is 0 Å². The molecule has 18 heavy (non-hydrogen) atoms. The normalized spacial score (nSPS) is 16.8. The Kier molecular flexibility index (Phi) is 3.22. The van der Waals surface area contributed by atoms with Gasteiger partial charge >= 0.3 is 0 Å². The molecule has 1 aromatic carbocycles. The van der Waals surface area contributed by atoms with E-state index in [1.165, 1.54) is 18.4 Å². The highest BCUT2D eigenvalue weighted by atomic mass is 79.9. The standard InChI is InChI=1S/C14H16BrN3/c15-12-4-2-1-3-11(12)14-8-17-9-18(14)13(7-16)10-5-6-10/h1-4,8-10,13H,5-7,16H2. The van der Waals surface area contributed by atoms with E-state index in [-0.39, 0.29) is 0 Å². The Bertz CT molecular complexity index is 545. The number of imidazole rings is 1. The van der Waals surface area contributed by atoms with Crippen LogP contribution < -0.4 is 5.73 Å². The van der Waals surface area contributed by atoms with Crippen molar-refractivity contribution in [3.8, 4) is 11.3 Å². The Morgan fingerprint density at radius 2 is 2.17 bits per heavy atom. The van der Waals surface area contributed by atoms with Gasteiger partial charge in [-0.1, -0.05) is 34.1 Å². The molecule has 3 rings (SSSR count). The summed E-state index contributed by atoms with van der Waals surface area (Å²) in [5, 5.41) is 0. The van der Waals surface area contributed by atoms with Crippen molar-refractivity contribution >= 4 is 15.9 Å². The minimum atomic E-state index is 0.384. The number of rotatable bonds is 4. The summed E-state index contributed by atoms with van der Waals surface area (Å²) in [5.74, 6) is 0.727. The molecular weight excluding hydrogens is 290 g/mol. The van der Waals surface area contributed by atoms with Crippen LogP contribution in [0.15, 0.2) is 41.3 Å². The lowest BCUT2D eigenvalue weighted by Crippen LogP contribution is -2.21. The van der Waals surface area contributed by atoms with E-state index in [2.05, 4.69) is 37.6 Å². The van der Waals surface area contributed by atoms with E-state index in [1.54, 1.807) is 0 Å². The van der Waals surface area contributed by atoms with E-state index >= 15 is 0 Å². The van der Waals surface area contributed by atoms with Crippen molar-refractivity contribution in [2.45, 2.75) is 18.9 Å². The van der Waals surface area contributed by atoms with Gasteiger partial charge in [-0.25, -0.2) is 4.98 Å². The van der Waals surface area contributed by atoms with Crippen LogP contribution >= 0.6 is 15.9 Å². The minimum absolute atomic E-state index is 0.384. The average Bonchev–Trinajstić information content (AvgIpc) is 3.10. The summed E-state index contributed by atoms with van der Waals surface area (Å²) in [7, 11) is 0. The van der Waals surface area contributed by atoms with E-state index in [1.807, 2.05) is 24.7 Å². The fourth-order valence-corrected chi connectivity index (χ4v) is 2.95. The lowest BCUT2D eigenvalue weighted by atomic mass is 10.1. The Morgan fingerprint density at radius 1 is 1.39 bits per heavy atom. The molecule has 4 heteroatoms. The van der Waals surface area contributed by atoms with Gasteiger partial charge in [0.1, 0.15) is 0 Å². The zero-order valence-electron chi connectivity index (χ0n) is 10.1. The fourth-order valence-electron chi connectivity index (χ4n) is 2.46. The quantitative estimate of drug-likeness (QED) is 0.942. The van der Waals surface area contributed by atoms with Crippen LogP contribution in [0, 0.1) is 5.92 Å². The van der Waals surface area contributed by atoms with Gasteiger partial charge < -0.3 is 10.3 Å². The second kappa shape index (κ2) is 4.86. The molecule has 0 spiro atoms. The van der Waals surface area contributed by atoms with Crippen LogP contribution in [0.2, 0.25) is 0 Å². The van der Waals surface area contributed by atoms with Crippen LogP contribution in [-0.4, -0.2) is 16.1 Å². The maximum Gasteiger partial charge on any atom is 0.0954 e. The van der Waals surface area contributed by atoms with Crippen LogP contribution in [0.3, 0.4) is 0 Å². The molecule has 1 atom stereocenters. The van der Waals surface area contributed by atoms with Crippen molar-refractivity contribution < 1.29 is 0 Å².